The van der Waals surface area contributed by atoms with Gasteiger partial charge in [-0.15, -0.1) is 11.8 Å². The van der Waals surface area contributed by atoms with Crippen molar-refractivity contribution in [3.63, 3.8) is 0 Å². The van der Waals surface area contributed by atoms with Gasteiger partial charge in [0.1, 0.15) is 5.82 Å². The van der Waals surface area contributed by atoms with Crippen LogP contribution in [0.1, 0.15) is 18.4 Å². The average molecular weight is 349 g/mol. The Morgan fingerprint density at radius 2 is 2.12 bits per heavy atom. The Kier molecular flexibility index (Phi) is 8.57. The molecule has 1 fully saturated rings. The van der Waals surface area contributed by atoms with E-state index in [0.29, 0.717) is 0 Å². The van der Waals surface area contributed by atoms with Gasteiger partial charge in [-0.25, -0.2) is 4.39 Å². The Morgan fingerprint density at radius 1 is 1.38 bits per heavy atom. The second-order valence-corrected chi connectivity index (χ2v) is 7.20. The molecule has 2 rings (SSSR count). The summed E-state index contributed by atoms with van der Waals surface area (Å²) in [6, 6.07) is 7.11. The zero-order valence-corrected chi connectivity index (χ0v) is 15.5. The standard InChI is InChI=1S/C20H29FN2S/c1-17(10-14-24-2)15-22-16-18-7-11-23(12-8-18)13-9-19-5-3-4-6-20(19)21/h3-6,10,14,18,22H,1,7-9,11-13,15-16H2,2H3/b14-10-. The highest BCUT2D eigenvalue weighted by molar-refractivity contribution is 8.01. The third-order valence-electron chi connectivity index (χ3n) is 4.59. The fourth-order valence-electron chi connectivity index (χ4n) is 3.05. The van der Waals surface area contributed by atoms with Crippen LogP contribution < -0.4 is 5.32 Å². The molecule has 1 aliphatic heterocycles. The molecule has 1 aromatic carbocycles. The molecule has 1 saturated heterocycles. The van der Waals surface area contributed by atoms with E-state index in [4.69, 9.17) is 0 Å². The highest BCUT2D eigenvalue weighted by Crippen LogP contribution is 2.17. The van der Waals surface area contributed by atoms with Crippen molar-refractivity contribution in [2.75, 3.05) is 39.0 Å². The van der Waals surface area contributed by atoms with Gasteiger partial charge in [-0.3, -0.25) is 0 Å². The molecule has 0 aromatic heterocycles. The molecule has 2 nitrogen and oxygen atoms in total. The summed E-state index contributed by atoms with van der Waals surface area (Å²) in [7, 11) is 0. The molecule has 1 aliphatic rings. The maximum atomic E-state index is 13.6. The minimum atomic E-state index is -0.0765. The minimum Gasteiger partial charge on any atom is -0.312 e. The molecule has 0 spiro atoms. The lowest BCUT2D eigenvalue weighted by Crippen LogP contribution is -2.38. The number of likely N-dealkylation sites (tertiary alicyclic amines) is 1. The van der Waals surface area contributed by atoms with Crippen molar-refractivity contribution in [1.29, 1.82) is 0 Å². The summed E-state index contributed by atoms with van der Waals surface area (Å²) in [5, 5.41) is 5.58. The molecule has 0 amide bonds. The topological polar surface area (TPSA) is 15.3 Å². The number of hydrogen-bond donors (Lipinski definition) is 1. The normalized spacial score (nSPS) is 16.8. The Bertz CT molecular complexity index is 536. The van der Waals surface area contributed by atoms with E-state index < -0.39 is 0 Å². The van der Waals surface area contributed by atoms with Gasteiger partial charge in [-0.05, 0) is 73.7 Å². The number of thioether (sulfide) groups is 1. The van der Waals surface area contributed by atoms with Gasteiger partial charge in [0.25, 0.3) is 0 Å². The zero-order valence-electron chi connectivity index (χ0n) is 14.6. The predicted octanol–water partition coefficient (Wildman–Crippen LogP) is 4.10. The summed E-state index contributed by atoms with van der Waals surface area (Å²) < 4.78 is 13.6. The minimum absolute atomic E-state index is 0.0765. The molecule has 1 N–H and O–H groups in total. The van der Waals surface area contributed by atoms with Crippen LogP contribution in [-0.2, 0) is 6.42 Å². The van der Waals surface area contributed by atoms with E-state index in [1.165, 1.54) is 12.8 Å². The number of halogens is 1. The van der Waals surface area contributed by atoms with Crippen LogP contribution in [0.2, 0.25) is 0 Å². The Hall–Kier alpha value is -1.10. The number of rotatable bonds is 9. The first-order chi connectivity index (χ1) is 11.7. The van der Waals surface area contributed by atoms with Crippen LogP contribution in [0.5, 0.6) is 0 Å². The van der Waals surface area contributed by atoms with Crippen LogP contribution in [0.4, 0.5) is 4.39 Å². The highest BCUT2D eigenvalue weighted by Gasteiger charge is 2.18. The van der Waals surface area contributed by atoms with Crippen molar-refractivity contribution in [1.82, 2.24) is 10.2 Å². The van der Waals surface area contributed by atoms with Crippen molar-refractivity contribution >= 4 is 11.8 Å². The first-order valence-electron chi connectivity index (χ1n) is 8.72. The van der Waals surface area contributed by atoms with Gasteiger partial charge in [0.05, 0.1) is 0 Å². The third-order valence-corrected chi connectivity index (χ3v) is 5.00. The zero-order chi connectivity index (χ0) is 17.2. The summed E-state index contributed by atoms with van der Waals surface area (Å²) in [5.41, 5.74) is 1.96. The van der Waals surface area contributed by atoms with E-state index in [1.807, 2.05) is 12.1 Å². The van der Waals surface area contributed by atoms with E-state index in [9.17, 15) is 4.39 Å². The third kappa shape index (κ3) is 6.80. The molecular formula is C20H29FN2S. The molecule has 0 unspecified atom stereocenters. The second kappa shape index (κ2) is 10.7. The SMILES string of the molecule is C=C(/C=C\SC)CNCC1CCN(CCc2ccccc2F)CC1. The number of piperidine rings is 1. The van der Waals surface area contributed by atoms with E-state index in [-0.39, 0.29) is 5.82 Å². The maximum Gasteiger partial charge on any atom is 0.126 e. The van der Waals surface area contributed by atoms with Crippen LogP contribution in [0, 0.1) is 11.7 Å². The highest BCUT2D eigenvalue weighted by atomic mass is 32.2. The molecule has 0 bridgehead atoms. The van der Waals surface area contributed by atoms with Crippen molar-refractivity contribution in [3.8, 4) is 0 Å². The lowest BCUT2D eigenvalue weighted by atomic mass is 9.96. The van der Waals surface area contributed by atoms with Gasteiger partial charge in [-0.1, -0.05) is 30.9 Å². The number of nitrogens with one attached hydrogen (secondary N) is 1. The molecule has 1 aromatic rings. The fraction of sp³-hybridized carbons (Fsp3) is 0.500. The van der Waals surface area contributed by atoms with Crippen LogP contribution >= 0.6 is 11.8 Å². The van der Waals surface area contributed by atoms with E-state index >= 15 is 0 Å². The first kappa shape index (κ1) is 19.2. The average Bonchev–Trinajstić information content (AvgIpc) is 2.60. The van der Waals surface area contributed by atoms with Gasteiger partial charge in [0.2, 0.25) is 0 Å². The lowest BCUT2D eigenvalue weighted by molar-refractivity contribution is 0.184. The molecular weight excluding hydrogens is 319 g/mol. The van der Waals surface area contributed by atoms with Crippen LogP contribution in [0.15, 0.2) is 47.9 Å². The molecule has 0 saturated carbocycles. The molecule has 0 aliphatic carbocycles. The quantitative estimate of drug-likeness (QED) is 0.676. The first-order valence-corrected chi connectivity index (χ1v) is 10.0. The van der Waals surface area contributed by atoms with E-state index in [1.54, 1.807) is 23.9 Å². The second-order valence-electron chi connectivity index (χ2n) is 6.45. The fourth-order valence-corrected chi connectivity index (χ4v) is 3.38. The van der Waals surface area contributed by atoms with Crippen LogP contribution in [-0.4, -0.2) is 43.9 Å². The monoisotopic (exact) mass is 348 g/mol. The van der Waals surface area contributed by atoms with Gasteiger partial charge in [-0.2, -0.15) is 0 Å². The number of benzene rings is 1. The Labute approximate surface area is 150 Å². The van der Waals surface area contributed by atoms with E-state index in [2.05, 4.69) is 34.5 Å². The molecule has 1 heterocycles. The van der Waals surface area contributed by atoms with Crippen LogP contribution in [0.3, 0.4) is 0 Å². The van der Waals surface area contributed by atoms with E-state index in [0.717, 1.165) is 56.2 Å². The number of hydrogen-bond acceptors (Lipinski definition) is 3. The maximum absolute atomic E-state index is 13.6. The summed E-state index contributed by atoms with van der Waals surface area (Å²) >= 11 is 1.70. The van der Waals surface area contributed by atoms with Gasteiger partial charge in [0.15, 0.2) is 0 Å². The van der Waals surface area contributed by atoms with Crippen molar-refractivity contribution in [3.05, 3.63) is 59.3 Å². The molecule has 24 heavy (non-hydrogen) atoms. The molecule has 4 heteroatoms. The molecule has 0 radical (unpaired) electrons. The molecule has 0 atom stereocenters. The van der Waals surface area contributed by atoms with Crippen molar-refractivity contribution < 1.29 is 4.39 Å². The van der Waals surface area contributed by atoms with Crippen molar-refractivity contribution in [2.24, 2.45) is 5.92 Å². The Balaban J connectivity index is 1.60. The summed E-state index contributed by atoms with van der Waals surface area (Å²) in [5.74, 6) is 0.666. The lowest BCUT2D eigenvalue weighted by Gasteiger charge is -2.32. The van der Waals surface area contributed by atoms with Gasteiger partial charge >= 0.3 is 0 Å². The Morgan fingerprint density at radius 3 is 2.83 bits per heavy atom. The summed E-state index contributed by atoms with van der Waals surface area (Å²) in [6.45, 7) is 9.17. The summed E-state index contributed by atoms with van der Waals surface area (Å²) in [6.07, 6.45) is 7.37. The molecule has 132 valence electrons. The largest absolute Gasteiger partial charge is 0.312 e. The number of nitrogens with zero attached hydrogens (tertiary/aromatic N) is 1. The summed E-state index contributed by atoms with van der Waals surface area (Å²) in [4.78, 5) is 2.46. The van der Waals surface area contributed by atoms with Crippen LogP contribution in [0.25, 0.3) is 0 Å². The smallest absolute Gasteiger partial charge is 0.126 e. The van der Waals surface area contributed by atoms with Gasteiger partial charge in [0, 0.05) is 13.1 Å². The van der Waals surface area contributed by atoms with Gasteiger partial charge < -0.3 is 10.2 Å². The van der Waals surface area contributed by atoms with Crippen molar-refractivity contribution in [2.45, 2.75) is 19.3 Å². The predicted molar refractivity (Wildman–Crippen MR) is 104 cm³/mol.